The molecule has 1 aliphatic heterocycles. The molecule has 5 N–H and O–H groups in total. The van der Waals surface area contributed by atoms with E-state index in [1.54, 1.807) is 18.2 Å². The molecule has 0 spiro atoms. The van der Waals surface area contributed by atoms with E-state index in [0.717, 1.165) is 21.0 Å². The van der Waals surface area contributed by atoms with Gasteiger partial charge in [-0.25, -0.2) is 17.5 Å². The largest absolute Gasteiger partial charge is 0.445 e. The van der Waals surface area contributed by atoms with Crippen LogP contribution in [0.1, 0.15) is 49.8 Å². The van der Waals surface area contributed by atoms with E-state index in [1.165, 1.54) is 43.3 Å². The normalized spacial score (nSPS) is 14.3. The number of ether oxygens (including phenoxy) is 1. The van der Waals surface area contributed by atoms with Crippen molar-refractivity contribution in [2.45, 2.75) is 75.6 Å². The highest BCUT2D eigenvalue weighted by Crippen LogP contribution is 2.31. The van der Waals surface area contributed by atoms with Crippen molar-refractivity contribution in [1.29, 1.82) is 0 Å². The van der Waals surface area contributed by atoms with E-state index in [2.05, 4.69) is 16.0 Å². The van der Waals surface area contributed by atoms with Crippen LogP contribution in [0.5, 0.6) is 0 Å². The summed E-state index contributed by atoms with van der Waals surface area (Å²) in [5, 5.41) is 8.29. The number of anilines is 1. The first kappa shape index (κ1) is 42.2. The molecule has 1 heterocycles. The maximum absolute atomic E-state index is 14.0. The van der Waals surface area contributed by atoms with Gasteiger partial charge in [0.05, 0.1) is 4.90 Å². The molecule has 55 heavy (non-hydrogen) atoms. The van der Waals surface area contributed by atoms with Crippen LogP contribution < -0.4 is 26.6 Å². The van der Waals surface area contributed by atoms with Gasteiger partial charge in [-0.15, -0.1) is 0 Å². The number of rotatable bonds is 18. The lowest BCUT2D eigenvalue weighted by Crippen LogP contribution is -2.55. The zero-order valence-electron chi connectivity index (χ0n) is 31.6. The molecule has 294 valence electrons. The molecule has 0 aromatic heterocycles. The number of nitrogens with one attached hydrogen (secondary N) is 3. The summed E-state index contributed by atoms with van der Waals surface area (Å²) in [6.07, 6.45) is 2.77. The summed E-state index contributed by atoms with van der Waals surface area (Å²) >= 11 is 0. The van der Waals surface area contributed by atoms with Crippen molar-refractivity contribution in [3.8, 4) is 0 Å². The topological polar surface area (TPSA) is 197 Å². The molecule has 5 amide bonds. The van der Waals surface area contributed by atoms with Crippen molar-refractivity contribution in [2.75, 3.05) is 25.5 Å². The molecular formula is C40H50N6O8S. The highest BCUT2D eigenvalue weighted by Gasteiger charge is 2.30. The molecule has 3 aromatic rings. The molecule has 1 aliphatic rings. The molecular weight excluding hydrogens is 725 g/mol. The van der Waals surface area contributed by atoms with Crippen LogP contribution in [0, 0.1) is 5.92 Å². The number of alkyl carbamates (subject to hydrolysis) is 1. The second kappa shape index (κ2) is 19.7. The third-order valence-corrected chi connectivity index (χ3v) is 10.8. The Bertz CT molecular complexity index is 1950. The maximum atomic E-state index is 14.0. The Morgan fingerprint density at radius 2 is 1.51 bits per heavy atom. The summed E-state index contributed by atoms with van der Waals surface area (Å²) in [7, 11) is -0.891. The molecule has 4 rings (SSSR count). The Balaban J connectivity index is 1.52. The lowest BCUT2D eigenvalue weighted by atomic mass is 10.0. The van der Waals surface area contributed by atoms with Gasteiger partial charge < -0.3 is 31.3 Å². The average molecular weight is 775 g/mol. The third kappa shape index (κ3) is 12.5. The molecule has 0 unspecified atom stereocenters. The van der Waals surface area contributed by atoms with Crippen molar-refractivity contribution < 1.29 is 37.1 Å². The Morgan fingerprint density at radius 1 is 0.873 bits per heavy atom. The predicted octanol–water partition coefficient (Wildman–Crippen LogP) is 3.20. The number of hydrogen-bond donors (Lipinski definition) is 4. The first-order valence-electron chi connectivity index (χ1n) is 18.1. The van der Waals surface area contributed by atoms with Crippen LogP contribution in [0.3, 0.4) is 0 Å². The molecule has 3 aromatic carbocycles. The Labute approximate surface area is 322 Å². The second-order valence-corrected chi connectivity index (χ2v) is 16.1. The Hall–Kier alpha value is -5.54. The smallest absolute Gasteiger partial charge is 0.408 e. The van der Waals surface area contributed by atoms with Gasteiger partial charge in [0, 0.05) is 51.3 Å². The van der Waals surface area contributed by atoms with E-state index in [9.17, 15) is 32.4 Å². The zero-order valence-corrected chi connectivity index (χ0v) is 32.4. The Morgan fingerprint density at radius 3 is 2.13 bits per heavy atom. The molecule has 14 nitrogen and oxygen atoms in total. The van der Waals surface area contributed by atoms with Crippen molar-refractivity contribution >= 4 is 45.4 Å². The van der Waals surface area contributed by atoms with Gasteiger partial charge in [-0.05, 0) is 54.0 Å². The van der Waals surface area contributed by atoms with E-state index >= 15 is 0 Å². The maximum Gasteiger partial charge on any atom is 0.408 e. The highest BCUT2D eigenvalue weighted by molar-refractivity contribution is 7.89. The number of carbonyl (C=O) groups excluding carboxylic acids is 5. The summed E-state index contributed by atoms with van der Waals surface area (Å²) in [4.78, 5) is 67.3. The molecule has 0 radical (unpaired) electrons. The fourth-order valence-electron chi connectivity index (χ4n) is 5.99. The quantitative estimate of drug-likeness (QED) is 0.141. The van der Waals surface area contributed by atoms with Gasteiger partial charge in [0.2, 0.25) is 27.7 Å². The zero-order chi connectivity index (χ0) is 40.1. The summed E-state index contributed by atoms with van der Waals surface area (Å²) in [6.45, 7) is 4.12. The monoisotopic (exact) mass is 774 g/mol. The van der Waals surface area contributed by atoms with Crippen LogP contribution in [0.2, 0.25) is 0 Å². The molecule has 3 atom stereocenters. The number of primary amides is 1. The number of nitrogens with zero attached hydrogens (tertiary/aromatic N) is 2. The van der Waals surface area contributed by atoms with Gasteiger partial charge in [-0.3, -0.25) is 19.2 Å². The number of benzene rings is 3. The van der Waals surface area contributed by atoms with E-state index in [0.29, 0.717) is 18.7 Å². The lowest BCUT2D eigenvalue weighted by Gasteiger charge is -2.25. The van der Waals surface area contributed by atoms with Crippen LogP contribution in [0.25, 0.3) is 0 Å². The van der Waals surface area contributed by atoms with Gasteiger partial charge in [0.25, 0.3) is 5.91 Å². The number of nitrogens with two attached hydrogens (primary N) is 1. The standard InChI is InChI=1S/C40H50N6O8S/c1-27(2)23-33(44-40(51)54-26-29-13-9-6-10-14-29)39(50)43-34(24-28-11-7-5-8-12-28)38(49)42-31(16-19-36(41)47)17-20-37(48)46-22-21-30-15-18-32(25-35(30)46)55(52,53)45(3)4/h5-15,17-18,20,25,27,31,33-34H,16,19,21-24,26H2,1-4H3,(H2,41,47)(H,42,49)(H,43,50)(H,44,51)/b20-17+/t31-,33-,34-/m0/s1. The number of sulfonamides is 1. The minimum absolute atomic E-state index is 0.000950. The van der Waals surface area contributed by atoms with E-state index in [4.69, 9.17) is 10.5 Å². The Kier molecular flexibility index (Phi) is 15.1. The van der Waals surface area contributed by atoms with E-state index < -0.39 is 57.9 Å². The summed E-state index contributed by atoms with van der Waals surface area (Å²) < 4.78 is 32.0. The van der Waals surface area contributed by atoms with Gasteiger partial charge >= 0.3 is 6.09 Å². The van der Waals surface area contributed by atoms with Gasteiger partial charge in [-0.2, -0.15) is 0 Å². The van der Waals surface area contributed by atoms with Crippen LogP contribution in [0.4, 0.5) is 10.5 Å². The summed E-state index contributed by atoms with van der Waals surface area (Å²) in [6, 6.07) is 19.8. The fourth-order valence-corrected chi connectivity index (χ4v) is 6.91. The lowest BCUT2D eigenvalue weighted by molar-refractivity contribution is -0.130. The van der Waals surface area contributed by atoms with Crippen molar-refractivity contribution in [2.24, 2.45) is 11.7 Å². The minimum atomic E-state index is -3.74. The molecule has 0 fully saturated rings. The minimum Gasteiger partial charge on any atom is -0.445 e. The van der Waals surface area contributed by atoms with Crippen LogP contribution >= 0.6 is 0 Å². The van der Waals surface area contributed by atoms with Gasteiger partial charge in [0.15, 0.2) is 0 Å². The predicted molar refractivity (Wildman–Crippen MR) is 208 cm³/mol. The number of hydrogen-bond acceptors (Lipinski definition) is 8. The van der Waals surface area contributed by atoms with Crippen LogP contribution in [0.15, 0.2) is 95.9 Å². The second-order valence-electron chi connectivity index (χ2n) is 13.9. The molecule has 0 saturated carbocycles. The fraction of sp³-hybridized carbons (Fsp3) is 0.375. The van der Waals surface area contributed by atoms with E-state index in [-0.39, 0.29) is 43.1 Å². The van der Waals surface area contributed by atoms with Gasteiger partial charge in [-0.1, -0.05) is 86.7 Å². The average Bonchev–Trinajstić information content (AvgIpc) is 3.58. The van der Waals surface area contributed by atoms with Crippen LogP contribution in [-0.4, -0.2) is 81.2 Å². The SMILES string of the molecule is CC(C)C[C@H](NC(=O)OCc1ccccc1)C(=O)N[C@@H](Cc1ccccc1)C(=O)N[C@H](/C=C/C(=O)N1CCc2ccc(S(=O)(=O)N(C)C)cc21)CCC(N)=O. The first-order chi connectivity index (χ1) is 26.1. The van der Waals surface area contributed by atoms with E-state index in [1.807, 2.05) is 62.4 Å². The number of fused-ring (bicyclic) bond motifs is 1. The van der Waals surface area contributed by atoms with Crippen molar-refractivity contribution in [1.82, 2.24) is 20.3 Å². The third-order valence-electron chi connectivity index (χ3n) is 8.94. The first-order valence-corrected chi connectivity index (χ1v) is 19.5. The number of amides is 5. The summed E-state index contributed by atoms with van der Waals surface area (Å²) in [5.74, 6) is -2.25. The highest BCUT2D eigenvalue weighted by atomic mass is 32.2. The van der Waals surface area contributed by atoms with Gasteiger partial charge in [0.1, 0.15) is 18.7 Å². The molecule has 0 saturated heterocycles. The summed E-state index contributed by atoms with van der Waals surface area (Å²) in [5.41, 5.74) is 8.25. The van der Waals surface area contributed by atoms with Crippen molar-refractivity contribution in [3.63, 3.8) is 0 Å². The van der Waals surface area contributed by atoms with Crippen LogP contribution in [-0.2, 0) is 53.4 Å². The molecule has 0 bridgehead atoms. The van der Waals surface area contributed by atoms with Crippen molar-refractivity contribution in [3.05, 3.63) is 108 Å². The number of carbonyl (C=O) groups is 5. The molecule has 0 aliphatic carbocycles. The molecule has 15 heteroatoms.